The molecule has 0 unspecified atom stereocenters. The molecule has 0 amide bonds. The van der Waals surface area contributed by atoms with Gasteiger partial charge >= 0.3 is 0 Å². The van der Waals surface area contributed by atoms with Gasteiger partial charge in [-0.05, 0) is 18.8 Å². The van der Waals surface area contributed by atoms with E-state index in [4.69, 9.17) is 4.74 Å². The summed E-state index contributed by atoms with van der Waals surface area (Å²) in [4.78, 5) is 0. The zero-order valence-electron chi connectivity index (χ0n) is 7.90. The van der Waals surface area contributed by atoms with Gasteiger partial charge in [0.25, 0.3) is 0 Å². The van der Waals surface area contributed by atoms with Crippen LogP contribution < -0.4 is 0 Å². The topological polar surface area (TPSA) is 9.23 Å². The summed E-state index contributed by atoms with van der Waals surface area (Å²) in [5.74, 6) is 0. The highest BCUT2D eigenvalue weighted by Gasteiger charge is 2.22. The van der Waals surface area contributed by atoms with E-state index < -0.39 is 0 Å². The highest BCUT2D eigenvalue weighted by molar-refractivity contribution is 4.72. The molecule has 0 N–H and O–H groups in total. The molecular formula is C9H20O. The predicted octanol–water partition coefficient (Wildman–Crippen LogP) is 2.85. The summed E-state index contributed by atoms with van der Waals surface area (Å²) in [6, 6.07) is 0. The first-order valence-corrected chi connectivity index (χ1v) is 4.14. The van der Waals surface area contributed by atoms with Gasteiger partial charge in [-0.25, -0.2) is 0 Å². The van der Waals surface area contributed by atoms with Crippen molar-refractivity contribution in [1.29, 1.82) is 0 Å². The molecule has 1 nitrogen and oxygen atoms in total. The molecule has 0 fully saturated rings. The molecule has 0 aliphatic carbocycles. The van der Waals surface area contributed by atoms with Crippen LogP contribution in [0.15, 0.2) is 0 Å². The molecule has 0 bridgehead atoms. The third kappa shape index (κ3) is 3.21. The van der Waals surface area contributed by atoms with E-state index in [1.807, 2.05) is 0 Å². The minimum Gasteiger partial charge on any atom is -0.378 e. The Kier molecular flexibility index (Phi) is 3.95. The van der Waals surface area contributed by atoms with Gasteiger partial charge in [0.2, 0.25) is 0 Å². The van der Waals surface area contributed by atoms with E-state index in [-0.39, 0.29) is 0 Å². The summed E-state index contributed by atoms with van der Waals surface area (Å²) >= 11 is 0. The van der Waals surface area contributed by atoms with Gasteiger partial charge in [0.15, 0.2) is 0 Å². The van der Waals surface area contributed by atoms with Gasteiger partial charge in [0.1, 0.15) is 0 Å². The van der Waals surface area contributed by atoms with Crippen molar-refractivity contribution in [2.75, 3.05) is 6.61 Å². The zero-order chi connectivity index (χ0) is 8.20. The van der Waals surface area contributed by atoms with Gasteiger partial charge in [0, 0.05) is 6.61 Å². The molecular weight excluding hydrogens is 124 g/mol. The Morgan fingerprint density at radius 1 is 1.20 bits per heavy atom. The van der Waals surface area contributed by atoms with E-state index in [2.05, 4.69) is 34.6 Å². The zero-order valence-corrected chi connectivity index (χ0v) is 7.90. The van der Waals surface area contributed by atoms with Crippen molar-refractivity contribution in [3.05, 3.63) is 0 Å². The third-order valence-electron chi connectivity index (χ3n) is 1.70. The number of rotatable bonds is 3. The lowest BCUT2D eigenvalue weighted by molar-refractivity contribution is -0.0132. The van der Waals surface area contributed by atoms with Crippen LogP contribution in [0.4, 0.5) is 0 Å². The van der Waals surface area contributed by atoms with Gasteiger partial charge in [-0.3, -0.25) is 0 Å². The smallest absolute Gasteiger partial charge is 0.0620 e. The first kappa shape index (κ1) is 9.96. The van der Waals surface area contributed by atoms with E-state index in [1.54, 1.807) is 0 Å². The molecule has 0 aromatic carbocycles. The van der Waals surface area contributed by atoms with Crippen LogP contribution in [0.25, 0.3) is 0 Å². The minimum atomic E-state index is 0.296. The van der Waals surface area contributed by atoms with Crippen molar-refractivity contribution in [2.24, 2.45) is 5.41 Å². The predicted molar refractivity (Wildman–Crippen MR) is 45.2 cm³/mol. The van der Waals surface area contributed by atoms with E-state index in [0.29, 0.717) is 11.5 Å². The van der Waals surface area contributed by atoms with Crippen molar-refractivity contribution in [3.8, 4) is 0 Å². The van der Waals surface area contributed by atoms with Crippen LogP contribution in [0, 0.1) is 5.41 Å². The molecule has 1 atom stereocenters. The second-order valence-corrected chi connectivity index (χ2v) is 3.72. The third-order valence-corrected chi connectivity index (χ3v) is 1.70. The molecule has 0 aliphatic heterocycles. The highest BCUT2D eigenvalue weighted by Crippen LogP contribution is 2.24. The molecule has 0 aliphatic rings. The van der Waals surface area contributed by atoms with E-state index in [0.717, 1.165) is 13.0 Å². The maximum Gasteiger partial charge on any atom is 0.0620 e. The molecule has 0 radical (unpaired) electrons. The van der Waals surface area contributed by atoms with Crippen LogP contribution >= 0.6 is 0 Å². The summed E-state index contributed by atoms with van der Waals surface area (Å²) in [6.07, 6.45) is 1.52. The Morgan fingerprint density at radius 2 is 1.70 bits per heavy atom. The summed E-state index contributed by atoms with van der Waals surface area (Å²) < 4.78 is 5.56. The Bertz CT molecular complexity index is 81.2. The number of hydrogen-bond acceptors (Lipinski definition) is 1. The second-order valence-electron chi connectivity index (χ2n) is 3.72. The van der Waals surface area contributed by atoms with Gasteiger partial charge in [-0.2, -0.15) is 0 Å². The van der Waals surface area contributed by atoms with Gasteiger partial charge < -0.3 is 4.74 Å². The maximum absolute atomic E-state index is 5.56. The van der Waals surface area contributed by atoms with Crippen molar-refractivity contribution in [2.45, 2.75) is 47.1 Å². The fourth-order valence-electron chi connectivity index (χ4n) is 1.18. The lowest BCUT2D eigenvalue weighted by atomic mass is 9.87. The van der Waals surface area contributed by atoms with Crippen molar-refractivity contribution in [3.63, 3.8) is 0 Å². The first-order chi connectivity index (χ1) is 4.52. The highest BCUT2D eigenvalue weighted by atomic mass is 16.5. The molecule has 0 heterocycles. The molecule has 0 aromatic rings. The van der Waals surface area contributed by atoms with Crippen molar-refractivity contribution >= 4 is 0 Å². The average molecular weight is 144 g/mol. The molecule has 0 aromatic heterocycles. The Hall–Kier alpha value is -0.0400. The van der Waals surface area contributed by atoms with Crippen LogP contribution in [0.1, 0.15) is 41.0 Å². The molecule has 10 heavy (non-hydrogen) atoms. The molecule has 0 spiro atoms. The van der Waals surface area contributed by atoms with Crippen LogP contribution in [-0.4, -0.2) is 12.7 Å². The molecule has 1 heteroatoms. The van der Waals surface area contributed by atoms with Gasteiger partial charge in [0.05, 0.1) is 6.10 Å². The Balaban J connectivity index is 3.81. The average Bonchev–Trinajstić information content (AvgIpc) is 1.80. The fourth-order valence-corrected chi connectivity index (χ4v) is 1.18. The Morgan fingerprint density at radius 3 is 1.80 bits per heavy atom. The first-order valence-electron chi connectivity index (χ1n) is 4.14. The molecule has 62 valence electrons. The Labute approximate surface area is 64.8 Å². The van der Waals surface area contributed by atoms with Gasteiger partial charge in [-0.1, -0.05) is 27.7 Å². The van der Waals surface area contributed by atoms with E-state index >= 15 is 0 Å². The second kappa shape index (κ2) is 3.97. The largest absolute Gasteiger partial charge is 0.378 e. The van der Waals surface area contributed by atoms with E-state index in [9.17, 15) is 0 Å². The van der Waals surface area contributed by atoms with Crippen molar-refractivity contribution < 1.29 is 4.74 Å². The number of hydrogen-bond donors (Lipinski definition) is 0. The fraction of sp³-hybridized carbons (Fsp3) is 1.00. The summed E-state index contributed by atoms with van der Waals surface area (Å²) in [6.45, 7) is 11.7. The van der Waals surface area contributed by atoms with Crippen LogP contribution in [0.5, 0.6) is 0 Å². The monoisotopic (exact) mass is 144 g/mol. The SMILES string of the molecule is CCO[C@@H](CC)C(C)(C)C. The summed E-state index contributed by atoms with van der Waals surface area (Å²) in [5.41, 5.74) is 0.296. The minimum absolute atomic E-state index is 0.296. The van der Waals surface area contributed by atoms with Crippen LogP contribution in [0.2, 0.25) is 0 Å². The van der Waals surface area contributed by atoms with E-state index in [1.165, 1.54) is 0 Å². The van der Waals surface area contributed by atoms with Crippen molar-refractivity contribution in [1.82, 2.24) is 0 Å². The summed E-state index contributed by atoms with van der Waals surface area (Å²) in [5, 5.41) is 0. The lowest BCUT2D eigenvalue weighted by Crippen LogP contribution is -2.28. The quantitative estimate of drug-likeness (QED) is 0.592. The normalized spacial score (nSPS) is 15.3. The molecule has 0 saturated heterocycles. The lowest BCUT2D eigenvalue weighted by Gasteiger charge is -2.29. The van der Waals surface area contributed by atoms with Crippen LogP contribution in [-0.2, 0) is 4.74 Å². The van der Waals surface area contributed by atoms with Gasteiger partial charge in [-0.15, -0.1) is 0 Å². The maximum atomic E-state index is 5.56. The summed E-state index contributed by atoms with van der Waals surface area (Å²) in [7, 11) is 0. The van der Waals surface area contributed by atoms with Crippen LogP contribution in [0.3, 0.4) is 0 Å². The standard InChI is InChI=1S/C9H20O/c1-6-8(10-7-2)9(3,4)5/h8H,6-7H2,1-5H3/t8-/m0/s1. The molecule has 0 rings (SSSR count). The number of ether oxygens (including phenoxy) is 1. The molecule has 0 saturated carbocycles.